The van der Waals surface area contributed by atoms with Gasteiger partial charge < -0.3 is 20.5 Å². The number of carboxylic acids is 1. The van der Waals surface area contributed by atoms with Gasteiger partial charge in [-0.15, -0.1) is 0 Å². The summed E-state index contributed by atoms with van der Waals surface area (Å²) in [6, 6.07) is 6.28. The van der Waals surface area contributed by atoms with Crippen molar-refractivity contribution in [3.63, 3.8) is 0 Å². The fourth-order valence-corrected chi connectivity index (χ4v) is 1.33. The molecule has 0 fully saturated rings. The van der Waals surface area contributed by atoms with Crippen molar-refractivity contribution in [2.45, 2.75) is 26.3 Å². The highest BCUT2D eigenvalue weighted by Gasteiger charge is 2.28. The molecule has 0 aliphatic carbocycles. The van der Waals surface area contributed by atoms with Crippen LogP contribution < -0.4 is 15.4 Å². The maximum Gasteiger partial charge on any atom is 0.328 e. The van der Waals surface area contributed by atoms with Crippen molar-refractivity contribution in [1.29, 1.82) is 0 Å². The lowest BCUT2D eigenvalue weighted by atomic mass is 10.1. The Morgan fingerprint density at radius 2 is 2.05 bits per heavy atom. The summed E-state index contributed by atoms with van der Waals surface area (Å²) in [4.78, 5) is 22.6. The van der Waals surface area contributed by atoms with Gasteiger partial charge in [0.1, 0.15) is 11.3 Å². The van der Waals surface area contributed by atoms with E-state index in [0.29, 0.717) is 18.0 Å². The highest BCUT2D eigenvalue weighted by Crippen LogP contribution is 2.17. The third kappa shape index (κ3) is 4.50. The Balaban J connectivity index is 2.67. The molecule has 0 radical (unpaired) electrons. The van der Waals surface area contributed by atoms with E-state index in [1.165, 1.54) is 13.8 Å². The number of rotatable bonds is 5. The van der Waals surface area contributed by atoms with E-state index in [4.69, 9.17) is 9.84 Å². The van der Waals surface area contributed by atoms with Gasteiger partial charge in [-0.1, -0.05) is 6.07 Å². The predicted octanol–water partition coefficient (Wildman–Crippen LogP) is 2.07. The van der Waals surface area contributed by atoms with Crippen molar-refractivity contribution in [3.8, 4) is 5.75 Å². The number of hydrogen-bond donors (Lipinski definition) is 3. The maximum atomic E-state index is 11.7. The first-order valence-corrected chi connectivity index (χ1v) is 5.90. The topological polar surface area (TPSA) is 87.7 Å². The second-order valence-corrected chi connectivity index (χ2v) is 4.47. The normalized spacial score (nSPS) is 10.7. The van der Waals surface area contributed by atoms with Crippen LogP contribution in [-0.4, -0.2) is 29.3 Å². The van der Waals surface area contributed by atoms with Crippen LogP contribution in [0, 0.1) is 0 Å². The third-order valence-corrected chi connectivity index (χ3v) is 2.36. The average molecular weight is 266 g/mol. The van der Waals surface area contributed by atoms with Gasteiger partial charge in [0.15, 0.2) is 0 Å². The van der Waals surface area contributed by atoms with Crippen LogP contribution in [-0.2, 0) is 4.79 Å². The summed E-state index contributed by atoms with van der Waals surface area (Å²) >= 11 is 0. The molecule has 19 heavy (non-hydrogen) atoms. The molecule has 0 unspecified atom stereocenters. The summed E-state index contributed by atoms with van der Waals surface area (Å²) in [7, 11) is 0. The lowest BCUT2D eigenvalue weighted by Gasteiger charge is -2.21. The molecule has 1 rings (SSSR count). The van der Waals surface area contributed by atoms with Crippen molar-refractivity contribution < 1.29 is 19.4 Å². The van der Waals surface area contributed by atoms with E-state index >= 15 is 0 Å². The van der Waals surface area contributed by atoms with Crippen LogP contribution in [0.5, 0.6) is 5.75 Å². The largest absolute Gasteiger partial charge is 0.494 e. The van der Waals surface area contributed by atoms with Crippen LogP contribution in [0.1, 0.15) is 20.8 Å². The summed E-state index contributed by atoms with van der Waals surface area (Å²) in [5.41, 5.74) is -0.800. The molecule has 0 aliphatic rings. The first kappa shape index (κ1) is 14.8. The number of carboxylic acid groups (broad SMARTS) is 1. The molecule has 6 heteroatoms. The number of anilines is 1. The predicted molar refractivity (Wildman–Crippen MR) is 71.5 cm³/mol. The van der Waals surface area contributed by atoms with Crippen LogP contribution in [0.25, 0.3) is 0 Å². The smallest absolute Gasteiger partial charge is 0.328 e. The Bertz CT molecular complexity index is 471. The summed E-state index contributed by atoms with van der Waals surface area (Å²) < 4.78 is 5.30. The molecule has 0 atom stereocenters. The van der Waals surface area contributed by atoms with E-state index < -0.39 is 17.5 Å². The van der Waals surface area contributed by atoms with Gasteiger partial charge in [0.2, 0.25) is 0 Å². The SMILES string of the molecule is CCOc1cccc(NC(=O)NC(C)(C)C(=O)O)c1. The lowest BCUT2D eigenvalue weighted by molar-refractivity contribution is -0.142. The first-order valence-electron chi connectivity index (χ1n) is 5.90. The van der Waals surface area contributed by atoms with Gasteiger partial charge in [0, 0.05) is 11.8 Å². The Morgan fingerprint density at radius 1 is 1.37 bits per heavy atom. The van der Waals surface area contributed by atoms with E-state index in [9.17, 15) is 9.59 Å². The van der Waals surface area contributed by atoms with Crippen molar-refractivity contribution >= 4 is 17.7 Å². The molecule has 3 N–H and O–H groups in total. The van der Waals surface area contributed by atoms with Crippen LogP contribution >= 0.6 is 0 Å². The second kappa shape index (κ2) is 6.08. The minimum atomic E-state index is -1.33. The molecule has 1 aromatic rings. The molecule has 0 aromatic heterocycles. The van der Waals surface area contributed by atoms with E-state index in [-0.39, 0.29) is 0 Å². The van der Waals surface area contributed by atoms with Crippen LogP contribution in [0.3, 0.4) is 0 Å². The zero-order valence-electron chi connectivity index (χ0n) is 11.2. The molecule has 0 bridgehead atoms. The number of aliphatic carboxylic acids is 1. The van der Waals surface area contributed by atoms with Gasteiger partial charge in [-0.3, -0.25) is 0 Å². The number of ether oxygens (including phenoxy) is 1. The number of hydrogen-bond acceptors (Lipinski definition) is 3. The zero-order valence-corrected chi connectivity index (χ0v) is 11.2. The molecule has 2 amide bonds. The van der Waals surface area contributed by atoms with Gasteiger partial charge in [-0.25, -0.2) is 9.59 Å². The zero-order chi connectivity index (χ0) is 14.5. The van der Waals surface area contributed by atoms with Crippen LogP contribution in [0.15, 0.2) is 24.3 Å². The minimum Gasteiger partial charge on any atom is -0.494 e. The summed E-state index contributed by atoms with van der Waals surface area (Å²) in [5, 5.41) is 13.8. The molecular weight excluding hydrogens is 248 g/mol. The molecule has 0 aliphatic heterocycles. The fourth-order valence-electron chi connectivity index (χ4n) is 1.33. The summed E-state index contributed by atoms with van der Waals surface area (Å²) in [6.45, 7) is 5.21. The average Bonchev–Trinajstić information content (AvgIpc) is 2.28. The van der Waals surface area contributed by atoms with Crippen LogP contribution in [0.2, 0.25) is 0 Å². The standard InChI is InChI=1S/C13H18N2O4/c1-4-19-10-7-5-6-9(8-10)14-12(18)15-13(2,3)11(16)17/h5-8H,4H2,1-3H3,(H,16,17)(H2,14,15,18). The number of carbonyl (C=O) groups excluding carboxylic acids is 1. The van der Waals surface area contributed by atoms with Gasteiger partial charge >= 0.3 is 12.0 Å². The van der Waals surface area contributed by atoms with Crippen molar-refractivity contribution in [3.05, 3.63) is 24.3 Å². The van der Waals surface area contributed by atoms with Crippen molar-refractivity contribution in [2.24, 2.45) is 0 Å². The summed E-state index contributed by atoms with van der Waals surface area (Å²) in [6.07, 6.45) is 0. The van der Waals surface area contributed by atoms with E-state index in [1.807, 2.05) is 6.92 Å². The van der Waals surface area contributed by atoms with Gasteiger partial charge in [-0.05, 0) is 32.9 Å². The first-order chi connectivity index (χ1) is 8.85. The lowest BCUT2D eigenvalue weighted by Crippen LogP contribution is -2.51. The minimum absolute atomic E-state index is 0.529. The molecule has 104 valence electrons. The molecule has 0 saturated carbocycles. The maximum absolute atomic E-state index is 11.7. The monoisotopic (exact) mass is 266 g/mol. The number of benzene rings is 1. The molecular formula is C13H18N2O4. The summed E-state index contributed by atoms with van der Waals surface area (Å²) in [5.74, 6) is -0.469. The number of urea groups is 1. The highest BCUT2D eigenvalue weighted by atomic mass is 16.5. The Morgan fingerprint density at radius 3 is 2.63 bits per heavy atom. The second-order valence-electron chi connectivity index (χ2n) is 4.47. The molecule has 6 nitrogen and oxygen atoms in total. The van der Waals surface area contributed by atoms with Gasteiger partial charge in [0.05, 0.1) is 6.61 Å². The highest BCUT2D eigenvalue weighted by molar-refractivity contribution is 5.93. The Labute approximate surface area is 111 Å². The third-order valence-electron chi connectivity index (χ3n) is 2.36. The number of amides is 2. The number of nitrogens with one attached hydrogen (secondary N) is 2. The fraction of sp³-hybridized carbons (Fsp3) is 0.385. The van der Waals surface area contributed by atoms with Crippen LogP contribution in [0.4, 0.5) is 10.5 Å². The van der Waals surface area contributed by atoms with Crippen molar-refractivity contribution in [1.82, 2.24) is 5.32 Å². The molecule has 1 aromatic carbocycles. The Hall–Kier alpha value is -2.24. The molecule has 0 saturated heterocycles. The van der Waals surface area contributed by atoms with E-state index in [2.05, 4.69) is 10.6 Å². The van der Waals surface area contributed by atoms with Gasteiger partial charge in [0.25, 0.3) is 0 Å². The number of carbonyl (C=O) groups is 2. The van der Waals surface area contributed by atoms with E-state index in [1.54, 1.807) is 24.3 Å². The molecule has 0 spiro atoms. The Kier molecular flexibility index (Phi) is 4.74. The quantitative estimate of drug-likeness (QED) is 0.761. The van der Waals surface area contributed by atoms with E-state index in [0.717, 1.165) is 0 Å². The van der Waals surface area contributed by atoms with Gasteiger partial charge in [-0.2, -0.15) is 0 Å². The molecule has 0 heterocycles. The van der Waals surface area contributed by atoms with Crippen molar-refractivity contribution in [2.75, 3.05) is 11.9 Å².